The van der Waals surface area contributed by atoms with E-state index < -0.39 is 29.7 Å². The van der Waals surface area contributed by atoms with Gasteiger partial charge in [-0.3, -0.25) is 4.79 Å². The molecule has 0 spiro atoms. The number of nitrogens with one attached hydrogen (secondary N) is 4. The molecule has 0 aromatic rings. The van der Waals surface area contributed by atoms with E-state index in [4.69, 9.17) is 46.2 Å². The van der Waals surface area contributed by atoms with Gasteiger partial charge in [0.05, 0.1) is 18.1 Å². The van der Waals surface area contributed by atoms with Crippen LogP contribution in [-0.2, 0) is 28.5 Å². The summed E-state index contributed by atoms with van der Waals surface area (Å²) < 4.78 is 19.8. The van der Waals surface area contributed by atoms with Gasteiger partial charge < -0.3 is 29.4 Å². The van der Waals surface area contributed by atoms with Crippen LogP contribution in [0.15, 0.2) is 0 Å². The van der Waals surface area contributed by atoms with Crippen LogP contribution in [0, 0.1) is 22.5 Å². The molecule has 0 heterocycles. The van der Waals surface area contributed by atoms with Gasteiger partial charge in [0, 0.05) is 14.2 Å². The average molecular weight is 511 g/mol. The van der Waals surface area contributed by atoms with Gasteiger partial charge in [0.1, 0.15) is 18.2 Å². The Morgan fingerprint density at radius 2 is 1.37 bits per heavy atom. The Hall–Kier alpha value is -2.96. The summed E-state index contributed by atoms with van der Waals surface area (Å²) in [6.45, 7) is 16.1. The zero-order chi connectivity index (χ0) is 29.2. The molecule has 0 radical (unpaired) electrons. The fourth-order valence-electron chi connectivity index (χ4n) is 1.10. The Labute approximate surface area is 208 Å². The van der Waals surface area contributed by atoms with Crippen molar-refractivity contribution in [1.82, 2.24) is 5.32 Å². The predicted octanol–water partition coefficient (Wildman–Crippen LogP) is 5.11. The summed E-state index contributed by atoms with van der Waals surface area (Å²) in [6, 6.07) is -0.760. The molecule has 1 amide bonds. The standard InChI is InChI=1S/C12H23NO5.C5H12O.C4H8O2.HN3.H2N2/c1-8(16-6)7-17-10(14)9(2)13-11(15)18-12(3,4)5;1-4-5(2)6-3;1-3(2)4(5)6;1-3-2;1-2/h8-9H,7H2,1-6H3,(H,13,15);5H,4H2,1-3H3;3H,1-2H3,(H,5,6);1H;1-2H/t8-,9+;5-;;;/m11.../s1. The van der Waals surface area contributed by atoms with Crippen LogP contribution in [0.3, 0.4) is 0 Å². The van der Waals surface area contributed by atoms with Crippen LogP contribution in [0.1, 0.15) is 68.7 Å². The number of rotatable bonds is 8. The van der Waals surface area contributed by atoms with Crippen molar-refractivity contribution in [3.05, 3.63) is 10.4 Å². The molecule has 0 rings (SSSR count). The van der Waals surface area contributed by atoms with Crippen LogP contribution in [0.25, 0.3) is 10.4 Å². The van der Waals surface area contributed by atoms with Crippen molar-refractivity contribution in [2.45, 2.75) is 92.6 Å². The van der Waals surface area contributed by atoms with Crippen LogP contribution in [0.2, 0.25) is 0 Å². The number of carbonyl (C=O) groups is 3. The number of nitrogens with zero attached hydrogens (tertiary/aromatic N) is 2. The maximum Gasteiger partial charge on any atom is 0.408 e. The van der Waals surface area contributed by atoms with Gasteiger partial charge in [-0.25, -0.2) is 20.7 Å². The van der Waals surface area contributed by atoms with Gasteiger partial charge in [-0.1, -0.05) is 20.8 Å². The van der Waals surface area contributed by atoms with E-state index in [1.807, 2.05) is 0 Å². The second-order valence-corrected chi connectivity index (χ2v) is 8.09. The second-order valence-electron chi connectivity index (χ2n) is 8.09. The van der Waals surface area contributed by atoms with Gasteiger partial charge in [0.25, 0.3) is 0 Å². The monoisotopic (exact) mass is 510 g/mol. The molecule has 0 bridgehead atoms. The summed E-state index contributed by atoms with van der Waals surface area (Å²) >= 11 is 0. The fourth-order valence-corrected chi connectivity index (χ4v) is 1.10. The van der Waals surface area contributed by atoms with E-state index in [0.29, 0.717) is 6.10 Å². The number of carbonyl (C=O) groups excluding carboxylic acids is 2. The number of alkyl carbamates (subject to hydrolysis) is 1. The third-order valence-corrected chi connectivity index (χ3v) is 3.42. The number of carboxylic acids is 1. The highest BCUT2D eigenvalue weighted by atomic mass is 16.6. The molecule has 35 heavy (non-hydrogen) atoms. The van der Waals surface area contributed by atoms with E-state index in [1.54, 1.807) is 53.6 Å². The van der Waals surface area contributed by atoms with Crippen LogP contribution in [0.5, 0.6) is 0 Å². The van der Waals surface area contributed by atoms with Crippen molar-refractivity contribution in [1.29, 1.82) is 16.6 Å². The maximum atomic E-state index is 11.5. The molecule has 0 saturated carbocycles. The molecule has 0 aromatic carbocycles. The highest BCUT2D eigenvalue weighted by Crippen LogP contribution is 2.07. The molecule has 14 nitrogen and oxygen atoms in total. The average Bonchev–Trinajstić information content (AvgIpc) is 2.77. The first-order valence-corrected chi connectivity index (χ1v) is 10.7. The topological polar surface area (TPSA) is 228 Å². The summed E-state index contributed by atoms with van der Waals surface area (Å²) in [5, 5.41) is 10.4. The molecule has 5 N–H and O–H groups in total. The predicted molar refractivity (Wildman–Crippen MR) is 130 cm³/mol. The molecule has 0 aliphatic carbocycles. The maximum absolute atomic E-state index is 11.5. The number of esters is 1. The van der Waals surface area contributed by atoms with Crippen molar-refractivity contribution in [2.75, 3.05) is 20.8 Å². The van der Waals surface area contributed by atoms with Crippen LogP contribution in [0.4, 0.5) is 4.79 Å². The van der Waals surface area contributed by atoms with Crippen LogP contribution >= 0.6 is 0 Å². The summed E-state index contributed by atoms with van der Waals surface area (Å²) in [6.07, 6.45) is 0.718. The van der Waals surface area contributed by atoms with Gasteiger partial charge in [-0.15, -0.1) is 5.53 Å². The number of methoxy groups -OCH3 is 2. The first kappa shape index (κ1) is 42.2. The fraction of sp³-hybridized carbons (Fsp3) is 0.857. The zero-order valence-corrected chi connectivity index (χ0v) is 22.9. The molecule has 0 aliphatic heterocycles. The zero-order valence-electron chi connectivity index (χ0n) is 22.9. The molecular formula is C21H46N6O8. The molecule has 14 heteroatoms. The van der Waals surface area contributed by atoms with Crippen molar-refractivity contribution in [3.63, 3.8) is 0 Å². The smallest absolute Gasteiger partial charge is 0.408 e. The van der Waals surface area contributed by atoms with Crippen LogP contribution in [-0.4, -0.2) is 67.8 Å². The van der Waals surface area contributed by atoms with E-state index in [9.17, 15) is 14.4 Å². The minimum atomic E-state index is -0.760. The minimum absolute atomic E-state index is 0.148. The Kier molecular flexibility index (Phi) is 32.9. The molecule has 0 aliphatic rings. The molecule has 0 fully saturated rings. The lowest BCUT2D eigenvalue weighted by atomic mass is 10.2. The lowest BCUT2D eigenvalue weighted by molar-refractivity contribution is -0.149. The lowest BCUT2D eigenvalue weighted by Crippen LogP contribution is -2.42. The SMILES string of the molecule is CC(C)C(=O)O.CC[C@@H](C)OC.CO[C@H](C)COC(=O)[C@H](C)NC(=O)OC(C)(C)C.N=N.[N-]=[N+]=N. The van der Waals surface area contributed by atoms with E-state index in [2.05, 4.69) is 19.2 Å². The molecule has 0 aromatic heterocycles. The number of amides is 1. The second kappa shape index (κ2) is 27.3. The van der Waals surface area contributed by atoms with Crippen molar-refractivity contribution >= 4 is 18.0 Å². The van der Waals surface area contributed by atoms with Gasteiger partial charge >= 0.3 is 18.0 Å². The summed E-state index contributed by atoms with van der Waals surface area (Å²) in [4.78, 5) is 34.4. The van der Waals surface area contributed by atoms with E-state index in [0.717, 1.165) is 6.42 Å². The molecule has 0 saturated heterocycles. The van der Waals surface area contributed by atoms with E-state index in [-0.39, 0.29) is 18.6 Å². The third kappa shape index (κ3) is 41.7. The Bertz CT molecular complexity index is 575. The largest absolute Gasteiger partial charge is 0.481 e. The quantitative estimate of drug-likeness (QED) is 0.127. The van der Waals surface area contributed by atoms with Gasteiger partial charge in [0.15, 0.2) is 0 Å². The number of aliphatic carboxylic acids is 1. The molecule has 3 atom stereocenters. The van der Waals surface area contributed by atoms with Gasteiger partial charge in [-0.05, 0) is 58.4 Å². The molecule has 0 unspecified atom stereocenters. The molecule has 208 valence electrons. The Morgan fingerprint density at radius 1 is 1.00 bits per heavy atom. The van der Waals surface area contributed by atoms with Crippen molar-refractivity contribution < 1.29 is 38.4 Å². The van der Waals surface area contributed by atoms with Crippen molar-refractivity contribution in [2.24, 2.45) is 5.92 Å². The highest BCUT2D eigenvalue weighted by molar-refractivity contribution is 5.81. The number of ether oxygens (including phenoxy) is 4. The third-order valence-electron chi connectivity index (χ3n) is 3.42. The Balaban J connectivity index is -0.000000144. The summed E-state index contributed by atoms with van der Waals surface area (Å²) in [5.74, 6) is -1.50. The van der Waals surface area contributed by atoms with Gasteiger partial charge in [0.2, 0.25) is 0 Å². The van der Waals surface area contributed by atoms with E-state index >= 15 is 0 Å². The normalized spacial score (nSPS) is 11.9. The number of hydrogen-bond acceptors (Lipinski definition) is 10. The number of carboxylic acid groups (broad SMARTS) is 1. The summed E-state index contributed by atoms with van der Waals surface area (Å²) in [5.41, 5.74) is 21.7. The van der Waals surface area contributed by atoms with E-state index in [1.165, 1.54) is 14.0 Å². The Morgan fingerprint density at radius 3 is 1.60 bits per heavy atom. The first-order valence-electron chi connectivity index (χ1n) is 10.7. The molecular weight excluding hydrogens is 464 g/mol. The number of hydrogen-bond donors (Lipinski definition) is 5. The van der Waals surface area contributed by atoms with Crippen molar-refractivity contribution in [3.8, 4) is 0 Å². The van der Waals surface area contributed by atoms with Crippen LogP contribution < -0.4 is 5.32 Å². The first-order chi connectivity index (χ1) is 16.0. The highest BCUT2D eigenvalue weighted by Gasteiger charge is 2.22. The lowest BCUT2D eigenvalue weighted by Gasteiger charge is -2.21. The summed E-state index contributed by atoms with van der Waals surface area (Å²) in [7, 11) is 3.26. The minimum Gasteiger partial charge on any atom is -0.481 e. The van der Waals surface area contributed by atoms with Gasteiger partial charge in [-0.2, -0.15) is 0 Å².